The molecule has 3 rings (SSSR count). The fourth-order valence-corrected chi connectivity index (χ4v) is 3.74. The number of amides is 1. The second-order valence-electron chi connectivity index (χ2n) is 6.92. The van der Waals surface area contributed by atoms with Crippen LogP contribution in [0.1, 0.15) is 28.4 Å². The maximum Gasteiger partial charge on any atom is 0.339 e. The van der Waals surface area contributed by atoms with E-state index in [0.717, 1.165) is 5.56 Å². The summed E-state index contributed by atoms with van der Waals surface area (Å²) in [7, 11) is -2.40. The summed E-state index contributed by atoms with van der Waals surface area (Å²) in [6.07, 6.45) is 1.43. The van der Waals surface area contributed by atoms with Crippen LogP contribution in [0.4, 0.5) is 0 Å². The van der Waals surface area contributed by atoms with Crippen LogP contribution >= 0.6 is 0 Å². The Morgan fingerprint density at radius 1 is 1.00 bits per heavy atom. The highest BCUT2D eigenvalue weighted by Gasteiger charge is 2.16. The van der Waals surface area contributed by atoms with Crippen LogP contribution in [-0.2, 0) is 10.1 Å². The Kier molecular flexibility index (Phi) is 7.68. The Morgan fingerprint density at radius 3 is 2.33 bits per heavy atom. The number of aryl methyl sites for hydroxylation is 1. The summed E-state index contributed by atoms with van der Waals surface area (Å²) in [6, 6.07) is 17.5. The van der Waals surface area contributed by atoms with E-state index in [2.05, 4.69) is 10.5 Å². The minimum absolute atomic E-state index is 0.0764. The lowest BCUT2D eigenvalue weighted by Gasteiger charge is -2.10. The van der Waals surface area contributed by atoms with E-state index in [1.54, 1.807) is 42.5 Å². The van der Waals surface area contributed by atoms with E-state index in [4.69, 9.17) is 13.7 Å². The SMILES string of the molecule is CCOc1cc(C(=O)N/N=C/c2ccc(OS(=O)(=O)c3ccc(C)cc3)cc2)ccc1OC. The number of methoxy groups -OCH3 is 1. The first-order valence-electron chi connectivity index (χ1n) is 10.1. The fraction of sp³-hybridized carbons (Fsp3) is 0.167. The molecule has 0 unspecified atom stereocenters. The monoisotopic (exact) mass is 468 g/mol. The van der Waals surface area contributed by atoms with Gasteiger partial charge in [0.1, 0.15) is 10.6 Å². The van der Waals surface area contributed by atoms with E-state index in [0.29, 0.717) is 29.2 Å². The summed E-state index contributed by atoms with van der Waals surface area (Å²) in [6.45, 7) is 4.14. The molecule has 0 saturated heterocycles. The van der Waals surface area contributed by atoms with Gasteiger partial charge in [-0.1, -0.05) is 17.7 Å². The average molecular weight is 469 g/mol. The van der Waals surface area contributed by atoms with E-state index in [1.165, 1.54) is 37.6 Å². The van der Waals surface area contributed by atoms with Gasteiger partial charge in [0.15, 0.2) is 11.5 Å². The fourth-order valence-electron chi connectivity index (χ4n) is 2.81. The quantitative estimate of drug-likeness (QED) is 0.290. The Labute approximate surface area is 192 Å². The van der Waals surface area contributed by atoms with Gasteiger partial charge < -0.3 is 13.7 Å². The highest BCUT2D eigenvalue weighted by molar-refractivity contribution is 7.87. The van der Waals surface area contributed by atoms with Crippen molar-refractivity contribution >= 4 is 22.2 Å². The molecule has 172 valence electrons. The number of carbonyl (C=O) groups excluding carboxylic acids is 1. The van der Waals surface area contributed by atoms with Crippen LogP contribution in [0.3, 0.4) is 0 Å². The van der Waals surface area contributed by atoms with Crippen molar-refractivity contribution in [3.05, 3.63) is 83.4 Å². The molecule has 0 aliphatic carbocycles. The molecule has 33 heavy (non-hydrogen) atoms. The summed E-state index contributed by atoms with van der Waals surface area (Å²) in [5, 5.41) is 3.94. The normalized spacial score (nSPS) is 11.2. The first-order valence-corrected chi connectivity index (χ1v) is 11.5. The second kappa shape index (κ2) is 10.6. The third-order valence-electron chi connectivity index (χ3n) is 4.50. The van der Waals surface area contributed by atoms with Crippen molar-refractivity contribution < 1.29 is 26.9 Å². The van der Waals surface area contributed by atoms with Crippen molar-refractivity contribution in [1.29, 1.82) is 0 Å². The molecule has 3 aromatic rings. The van der Waals surface area contributed by atoms with E-state index < -0.39 is 16.0 Å². The van der Waals surface area contributed by atoms with Crippen molar-refractivity contribution in [1.82, 2.24) is 5.43 Å². The molecule has 9 heteroatoms. The van der Waals surface area contributed by atoms with Gasteiger partial charge in [-0.05, 0) is 74.0 Å². The van der Waals surface area contributed by atoms with Crippen molar-refractivity contribution in [3.63, 3.8) is 0 Å². The molecule has 0 aliphatic rings. The molecule has 1 amide bonds. The highest BCUT2D eigenvalue weighted by atomic mass is 32.2. The Morgan fingerprint density at radius 2 is 1.70 bits per heavy atom. The zero-order valence-electron chi connectivity index (χ0n) is 18.4. The molecule has 8 nitrogen and oxygen atoms in total. The molecule has 0 saturated carbocycles. The van der Waals surface area contributed by atoms with Crippen LogP contribution in [0.15, 0.2) is 76.7 Å². The molecule has 0 radical (unpaired) electrons. The smallest absolute Gasteiger partial charge is 0.339 e. The Balaban J connectivity index is 1.62. The van der Waals surface area contributed by atoms with Crippen LogP contribution in [0, 0.1) is 6.92 Å². The third-order valence-corrected chi connectivity index (χ3v) is 5.76. The van der Waals surface area contributed by atoms with Gasteiger partial charge in [0.05, 0.1) is 19.9 Å². The summed E-state index contributed by atoms with van der Waals surface area (Å²) in [5.41, 5.74) is 4.39. The van der Waals surface area contributed by atoms with Crippen LogP contribution < -0.4 is 19.1 Å². The number of hydrogen-bond donors (Lipinski definition) is 1. The molecule has 0 aromatic heterocycles. The third kappa shape index (κ3) is 6.33. The maximum absolute atomic E-state index is 12.4. The van der Waals surface area contributed by atoms with Crippen LogP contribution in [0.25, 0.3) is 0 Å². The van der Waals surface area contributed by atoms with E-state index in [-0.39, 0.29) is 10.6 Å². The first kappa shape index (κ1) is 23.8. The highest BCUT2D eigenvalue weighted by Crippen LogP contribution is 2.28. The topological polar surface area (TPSA) is 103 Å². The number of nitrogens with one attached hydrogen (secondary N) is 1. The number of nitrogens with zero attached hydrogens (tertiary/aromatic N) is 1. The Hall–Kier alpha value is -3.85. The lowest BCUT2D eigenvalue weighted by Crippen LogP contribution is -2.17. The average Bonchev–Trinajstić information content (AvgIpc) is 2.80. The summed E-state index contributed by atoms with van der Waals surface area (Å²) < 4.78 is 40.6. The molecular formula is C24H24N2O6S. The van der Waals surface area contributed by atoms with Gasteiger partial charge in [-0.2, -0.15) is 13.5 Å². The standard InChI is InChI=1S/C24H24N2O6S/c1-4-31-23-15-19(9-14-22(23)30-3)24(27)26-25-16-18-7-10-20(11-8-18)32-33(28,29)21-12-5-17(2)6-13-21/h5-16H,4H2,1-3H3,(H,26,27)/b25-16+. The molecular weight excluding hydrogens is 444 g/mol. The van der Waals surface area contributed by atoms with Crippen molar-refractivity contribution in [3.8, 4) is 17.2 Å². The van der Waals surface area contributed by atoms with Gasteiger partial charge >= 0.3 is 10.1 Å². The predicted octanol–water partition coefficient (Wildman–Crippen LogP) is 3.93. The molecule has 0 heterocycles. The summed E-state index contributed by atoms with van der Waals surface area (Å²) >= 11 is 0. The lowest BCUT2D eigenvalue weighted by molar-refractivity contribution is 0.0954. The number of hydrogen-bond acceptors (Lipinski definition) is 7. The molecule has 0 bridgehead atoms. The van der Waals surface area contributed by atoms with Crippen molar-refractivity contribution in [2.24, 2.45) is 5.10 Å². The summed E-state index contributed by atoms with van der Waals surface area (Å²) in [5.74, 6) is 0.744. The molecule has 1 N–H and O–H groups in total. The minimum Gasteiger partial charge on any atom is -0.493 e. The molecule has 0 aliphatic heterocycles. The maximum atomic E-state index is 12.4. The van der Waals surface area contributed by atoms with Crippen molar-refractivity contribution in [2.45, 2.75) is 18.7 Å². The van der Waals surface area contributed by atoms with Gasteiger partial charge in [-0.25, -0.2) is 5.43 Å². The van der Waals surface area contributed by atoms with E-state index >= 15 is 0 Å². The first-order chi connectivity index (χ1) is 15.8. The minimum atomic E-state index is -3.92. The molecule has 0 fully saturated rings. The van der Waals surface area contributed by atoms with Crippen molar-refractivity contribution in [2.75, 3.05) is 13.7 Å². The number of benzene rings is 3. The number of hydrazone groups is 1. The molecule has 0 atom stereocenters. The number of rotatable bonds is 9. The number of ether oxygens (including phenoxy) is 2. The molecule has 0 spiro atoms. The Bertz CT molecular complexity index is 1240. The van der Waals surface area contributed by atoms with Crippen LogP contribution in [-0.4, -0.2) is 34.3 Å². The zero-order chi connectivity index (χ0) is 23.8. The van der Waals surface area contributed by atoms with Crippen LogP contribution in [0.5, 0.6) is 17.2 Å². The zero-order valence-corrected chi connectivity index (χ0v) is 19.3. The molecule has 3 aromatic carbocycles. The second-order valence-corrected chi connectivity index (χ2v) is 8.46. The largest absolute Gasteiger partial charge is 0.493 e. The van der Waals surface area contributed by atoms with Gasteiger partial charge in [-0.15, -0.1) is 0 Å². The van der Waals surface area contributed by atoms with Gasteiger partial charge in [-0.3, -0.25) is 4.79 Å². The van der Waals surface area contributed by atoms with Gasteiger partial charge in [0.25, 0.3) is 5.91 Å². The lowest BCUT2D eigenvalue weighted by atomic mass is 10.2. The van der Waals surface area contributed by atoms with E-state index in [9.17, 15) is 13.2 Å². The predicted molar refractivity (Wildman–Crippen MR) is 125 cm³/mol. The van der Waals surface area contributed by atoms with Gasteiger partial charge in [0, 0.05) is 5.56 Å². The summed E-state index contributed by atoms with van der Waals surface area (Å²) in [4.78, 5) is 12.4. The van der Waals surface area contributed by atoms with Crippen LogP contribution in [0.2, 0.25) is 0 Å². The van der Waals surface area contributed by atoms with E-state index in [1.807, 2.05) is 13.8 Å². The number of carbonyl (C=O) groups is 1. The van der Waals surface area contributed by atoms with Gasteiger partial charge in [0.2, 0.25) is 0 Å².